The highest BCUT2D eigenvalue weighted by Gasteiger charge is 2.20. The van der Waals surface area contributed by atoms with E-state index in [0.717, 1.165) is 30.5 Å². The quantitative estimate of drug-likeness (QED) is 0.690. The van der Waals surface area contributed by atoms with E-state index in [9.17, 15) is 4.79 Å². The Balaban J connectivity index is 1.23. The Kier molecular flexibility index (Phi) is 6.72. The van der Waals surface area contributed by atoms with E-state index in [1.165, 1.54) is 5.57 Å². The first-order valence-corrected chi connectivity index (χ1v) is 10.7. The number of ether oxygens (including phenoxy) is 1. The molecule has 30 heavy (non-hydrogen) atoms. The van der Waals surface area contributed by atoms with Crippen LogP contribution in [0.3, 0.4) is 0 Å². The van der Waals surface area contributed by atoms with Crippen LogP contribution in [0, 0.1) is 5.92 Å². The molecule has 156 valence electrons. The first kappa shape index (κ1) is 20.5. The molecule has 3 unspecified atom stereocenters. The zero-order chi connectivity index (χ0) is 20.8. The third kappa shape index (κ3) is 5.43. The molecule has 0 saturated heterocycles. The summed E-state index contributed by atoms with van der Waals surface area (Å²) >= 11 is 0. The molecular weight excluding hydrogens is 374 g/mol. The Hall–Kier alpha value is -2.76. The summed E-state index contributed by atoms with van der Waals surface area (Å²) in [4.78, 5) is 19.5. The molecule has 0 saturated carbocycles. The van der Waals surface area contributed by atoms with Gasteiger partial charge in [-0.25, -0.2) is 4.98 Å². The minimum absolute atomic E-state index is 0.0516. The van der Waals surface area contributed by atoms with Crippen molar-refractivity contribution in [2.75, 3.05) is 0 Å². The van der Waals surface area contributed by atoms with Crippen molar-refractivity contribution in [1.82, 2.24) is 9.97 Å². The molecule has 0 spiro atoms. The maximum absolute atomic E-state index is 12.4. The number of imidazole rings is 1. The summed E-state index contributed by atoms with van der Waals surface area (Å²) in [6.07, 6.45) is 28.8. The average molecular weight is 404 g/mol. The monoisotopic (exact) mass is 403 g/mol. The van der Waals surface area contributed by atoms with Gasteiger partial charge in [0, 0.05) is 25.0 Å². The van der Waals surface area contributed by atoms with Crippen LogP contribution in [0.25, 0.3) is 0 Å². The summed E-state index contributed by atoms with van der Waals surface area (Å²) < 4.78 is 6.13. The van der Waals surface area contributed by atoms with E-state index in [4.69, 9.17) is 10.5 Å². The SMILES string of the molecule is N[C@@H](Cc1c[nH]cn1)C(=O)CC1=CCC(C2=CCC(OC3C=CC=CC3)C=C2)C=C1. The molecule has 3 aliphatic rings. The lowest BCUT2D eigenvalue weighted by Gasteiger charge is -2.25. The fourth-order valence-electron chi connectivity index (χ4n) is 3.99. The van der Waals surface area contributed by atoms with Gasteiger partial charge in [-0.05, 0) is 30.4 Å². The van der Waals surface area contributed by atoms with Gasteiger partial charge < -0.3 is 15.5 Å². The van der Waals surface area contributed by atoms with Gasteiger partial charge in [0.1, 0.15) is 0 Å². The predicted octanol–water partition coefficient (Wildman–Crippen LogP) is 3.90. The van der Waals surface area contributed by atoms with Crippen molar-refractivity contribution < 1.29 is 9.53 Å². The predicted molar refractivity (Wildman–Crippen MR) is 119 cm³/mol. The van der Waals surface area contributed by atoms with Gasteiger partial charge in [-0.3, -0.25) is 4.79 Å². The van der Waals surface area contributed by atoms with Crippen LogP contribution in [0.1, 0.15) is 31.4 Å². The van der Waals surface area contributed by atoms with Crippen molar-refractivity contribution in [3.63, 3.8) is 0 Å². The minimum Gasteiger partial charge on any atom is -0.366 e. The molecule has 0 radical (unpaired) electrons. The zero-order valence-corrected chi connectivity index (χ0v) is 17.1. The maximum Gasteiger partial charge on any atom is 0.154 e. The molecule has 5 nitrogen and oxygen atoms in total. The van der Waals surface area contributed by atoms with Gasteiger partial charge in [-0.15, -0.1) is 0 Å². The molecule has 1 aromatic heterocycles. The van der Waals surface area contributed by atoms with Gasteiger partial charge in [0.2, 0.25) is 0 Å². The van der Waals surface area contributed by atoms with Crippen molar-refractivity contribution >= 4 is 5.78 Å². The summed E-state index contributed by atoms with van der Waals surface area (Å²) in [6, 6.07) is -0.518. The number of H-pyrrole nitrogens is 1. The fourth-order valence-corrected chi connectivity index (χ4v) is 3.99. The molecule has 0 bridgehead atoms. The number of aromatic nitrogens is 2. The van der Waals surface area contributed by atoms with Crippen molar-refractivity contribution in [3.8, 4) is 0 Å². The molecule has 0 amide bonds. The number of carbonyl (C=O) groups is 1. The van der Waals surface area contributed by atoms with E-state index in [-0.39, 0.29) is 18.0 Å². The van der Waals surface area contributed by atoms with E-state index in [1.807, 2.05) is 6.08 Å². The van der Waals surface area contributed by atoms with Crippen LogP contribution >= 0.6 is 0 Å². The van der Waals surface area contributed by atoms with Crippen LogP contribution in [0.15, 0.2) is 84.4 Å². The molecule has 3 aliphatic carbocycles. The Morgan fingerprint density at radius 3 is 2.70 bits per heavy atom. The second-order valence-electron chi connectivity index (χ2n) is 8.06. The van der Waals surface area contributed by atoms with Gasteiger partial charge in [-0.1, -0.05) is 60.8 Å². The Labute approximate surface area is 177 Å². The zero-order valence-electron chi connectivity index (χ0n) is 17.1. The van der Waals surface area contributed by atoms with Crippen LogP contribution in [-0.4, -0.2) is 34.0 Å². The Morgan fingerprint density at radius 2 is 2.03 bits per heavy atom. The Morgan fingerprint density at radius 1 is 1.13 bits per heavy atom. The number of nitrogens with two attached hydrogens (primary N) is 1. The number of Topliss-reactive ketones (excluding diaryl/α,β-unsaturated/α-hetero) is 1. The van der Waals surface area contributed by atoms with Crippen LogP contribution in [-0.2, 0) is 16.0 Å². The number of rotatable bonds is 8. The number of hydrogen-bond acceptors (Lipinski definition) is 4. The van der Waals surface area contributed by atoms with Gasteiger partial charge in [-0.2, -0.15) is 0 Å². The number of nitrogens with zero attached hydrogens (tertiary/aromatic N) is 1. The van der Waals surface area contributed by atoms with E-state index >= 15 is 0 Å². The van der Waals surface area contributed by atoms with Gasteiger partial charge in [0.05, 0.1) is 30.3 Å². The summed E-state index contributed by atoms with van der Waals surface area (Å²) in [7, 11) is 0. The second-order valence-corrected chi connectivity index (χ2v) is 8.06. The molecule has 1 aromatic rings. The van der Waals surface area contributed by atoms with E-state index in [0.29, 0.717) is 18.8 Å². The molecule has 4 atom stereocenters. The fraction of sp³-hybridized carbons (Fsp3) is 0.360. The maximum atomic E-state index is 12.4. The first-order chi connectivity index (χ1) is 14.7. The molecule has 4 rings (SSSR count). The summed E-state index contributed by atoms with van der Waals surface area (Å²) in [5.41, 5.74) is 9.24. The molecule has 3 N–H and O–H groups in total. The van der Waals surface area contributed by atoms with Crippen molar-refractivity contribution in [1.29, 1.82) is 0 Å². The number of carbonyl (C=O) groups excluding carboxylic acids is 1. The first-order valence-electron chi connectivity index (χ1n) is 10.7. The largest absolute Gasteiger partial charge is 0.366 e. The van der Waals surface area contributed by atoms with E-state index in [1.54, 1.807) is 12.5 Å². The highest BCUT2D eigenvalue weighted by molar-refractivity contribution is 5.86. The van der Waals surface area contributed by atoms with Crippen LogP contribution in [0.5, 0.6) is 0 Å². The lowest BCUT2D eigenvalue weighted by Crippen LogP contribution is -2.33. The average Bonchev–Trinajstić information content (AvgIpc) is 3.29. The van der Waals surface area contributed by atoms with Crippen molar-refractivity contribution in [2.45, 2.75) is 50.4 Å². The van der Waals surface area contributed by atoms with Gasteiger partial charge in [0.25, 0.3) is 0 Å². The molecule has 0 aliphatic heterocycles. The number of nitrogens with one attached hydrogen (secondary N) is 1. The molecular formula is C25H29N3O2. The smallest absolute Gasteiger partial charge is 0.154 e. The highest BCUT2D eigenvalue weighted by atomic mass is 16.5. The van der Waals surface area contributed by atoms with E-state index < -0.39 is 6.04 Å². The lowest BCUT2D eigenvalue weighted by molar-refractivity contribution is -0.119. The van der Waals surface area contributed by atoms with Gasteiger partial charge in [0.15, 0.2) is 5.78 Å². The standard InChI is InChI=1S/C25H29N3O2/c26-24(15-21-16-27-17-28-21)25(29)14-18-6-8-19(9-7-18)20-10-12-23(13-11-20)30-22-4-2-1-3-5-22/h1-4,6-8,10-12,16-17,19,22-24H,5,9,13-15,26H2,(H,27,28)/t19?,22?,23?,24-/m0/s1. The van der Waals surface area contributed by atoms with E-state index in [2.05, 4.69) is 64.7 Å². The Bertz CT molecular complexity index is 918. The molecule has 0 aromatic carbocycles. The summed E-state index contributed by atoms with van der Waals surface area (Å²) in [5, 5.41) is 0. The number of ketones is 1. The highest BCUT2D eigenvalue weighted by Crippen LogP contribution is 2.29. The third-order valence-electron chi connectivity index (χ3n) is 5.76. The summed E-state index contributed by atoms with van der Waals surface area (Å²) in [6.45, 7) is 0. The second kappa shape index (κ2) is 9.83. The van der Waals surface area contributed by atoms with Crippen molar-refractivity contribution in [2.24, 2.45) is 11.7 Å². The van der Waals surface area contributed by atoms with Crippen LogP contribution < -0.4 is 5.73 Å². The molecule has 5 heteroatoms. The third-order valence-corrected chi connectivity index (χ3v) is 5.76. The van der Waals surface area contributed by atoms with Crippen molar-refractivity contribution in [3.05, 3.63) is 90.1 Å². The number of hydrogen-bond donors (Lipinski definition) is 2. The number of aromatic amines is 1. The molecule has 0 fully saturated rings. The molecule has 1 heterocycles. The normalized spacial score (nSPS) is 26.4. The number of allylic oxidation sites excluding steroid dienone is 8. The summed E-state index contributed by atoms with van der Waals surface area (Å²) in [5.74, 6) is 0.409. The minimum atomic E-state index is -0.518. The van der Waals surface area contributed by atoms with Crippen LogP contribution in [0.2, 0.25) is 0 Å². The topological polar surface area (TPSA) is 81.0 Å². The van der Waals surface area contributed by atoms with Gasteiger partial charge >= 0.3 is 0 Å². The van der Waals surface area contributed by atoms with Crippen LogP contribution in [0.4, 0.5) is 0 Å². The lowest BCUT2D eigenvalue weighted by atomic mass is 9.85.